The van der Waals surface area contributed by atoms with Crippen molar-refractivity contribution in [3.05, 3.63) is 0 Å². The van der Waals surface area contributed by atoms with Crippen molar-refractivity contribution in [2.45, 2.75) is 24.5 Å². The highest BCUT2D eigenvalue weighted by Crippen LogP contribution is 2.39. The Kier molecular flexibility index (Phi) is 2.95. The van der Waals surface area contributed by atoms with E-state index in [0.29, 0.717) is 0 Å². The first-order valence-electron chi connectivity index (χ1n) is 5.47. The Balaban J connectivity index is 2.03. The number of nitrogens with two attached hydrogens (primary N) is 1. The van der Waals surface area contributed by atoms with Crippen LogP contribution in [0.4, 0.5) is 0 Å². The van der Waals surface area contributed by atoms with Gasteiger partial charge in [-0.25, -0.2) is 0 Å². The van der Waals surface area contributed by atoms with Crippen LogP contribution in [0.1, 0.15) is 12.8 Å². The molecule has 1 aliphatic carbocycles. The topological polar surface area (TPSA) is 67.6 Å². The van der Waals surface area contributed by atoms with Gasteiger partial charge in [-0.2, -0.15) is 0 Å². The molecule has 1 heterocycles. The van der Waals surface area contributed by atoms with Crippen LogP contribution in [0.2, 0.25) is 0 Å². The molecular weight excluding hydrogens is 194 g/mol. The Morgan fingerprint density at radius 3 is 2.53 bits per heavy atom. The smallest absolute Gasteiger partial charge is 0.238 e. The van der Waals surface area contributed by atoms with Crippen LogP contribution in [-0.2, 0) is 9.53 Å². The van der Waals surface area contributed by atoms with Crippen LogP contribution in [0.3, 0.4) is 0 Å². The van der Waals surface area contributed by atoms with E-state index in [1.165, 1.54) is 0 Å². The summed E-state index contributed by atoms with van der Waals surface area (Å²) in [5.74, 6) is -0.197. The van der Waals surface area contributed by atoms with Crippen molar-refractivity contribution in [3.63, 3.8) is 0 Å². The summed E-state index contributed by atoms with van der Waals surface area (Å²) in [6, 6.07) is 0. The molecule has 2 rings (SSSR count). The molecule has 1 aliphatic heterocycles. The number of nitrogens with zero attached hydrogens (tertiary/aromatic N) is 1. The van der Waals surface area contributed by atoms with Crippen LogP contribution in [0.15, 0.2) is 0 Å². The summed E-state index contributed by atoms with van der Waals surface area (Å²) in [7, 11) is 1.69. The Bertz CT molecular complexity index is 245. The summed E-state index contributed by atoms with van der Waals surface area (Å²) in [5.41, 5.74) is 5.10. The van der Waals surface area contributed by atoms with Crippen molar-refractivity contribution < 1.29 is 9.53 Å². The molecule has 0 unspecified atom stereocenters. The van der Waals surface area contributed by atoms with Gasteiger partial charge in [0.2, 0.25) is 5.91 Å². The standard InChI is InChI=1S/C10H19N3O2/c1-15-8-6-10(7-8,9(11)14)13-4-2-12-3-5-13/h8,12H,2-7H2,1H3,(H2,11,14). The van der Waals surface area contributed by atoms with Gasteiger partial charge in [-0.1, -0.05) is 0 Å². The van der Waals surface area contributed by atoms with E-state index >= 15 is 0 Å². The van der Waals surface area contributed by atoms with E-state index in [1.54, 1.807) is 7.11 Å². The largest absolute Gasteiger partial charge is 0.381 e. The zero-order valence-corrected chi connectivity index (χ0v) is 9.16. The summed E-state index contributed by atoms with van der Waals surface area (Å²) in [6.07, 6.45) is 1.70. The molecule has 2 aliphatic rings. The highest BCUT2D eigenvalue weighted by atomic mass is 16.5. The zero-order chi connectivity index (χ0) is 10.9. The zero-order valence-electron chi connectivity index (χ0n) is 9.16. The fourth-order valence-electron chi connectivity index (χ4n) is 2.57. The van der Waals surface area contributed by atoms with Crippen LogP contribution in [0.5, 0.6) is 0 Å². The molecule has 15 heavy (non-hydrogen) atoms. The van der Waals surface area contributed by atoms with Gasteiger partial charge in [0.25, 0.3) is 0 Å². The summed E-state index contributed by atoms with van der Waals surface area (Å²) in [5, 5.41) is 3.27. The maximum absolute atomic E-state index is 11.6. The van der Waals surface area contributed by atoms with E-state index in [2.05, 4.69) is 10.2 Å². The van der Waals surface area contributed by atoms with Gasteiger partial charge in [-0.15, -0.1) is 0 Å². The number of piperazine rings is 1. The molecule has 0 spiro atoms. The molecule has 0 bridgehead atoms. The second-order valence-corrected chi connectivity index (χ2v) is 4.40. The molecule has 5 nitrogen and oxygen atoms in total. The number of nitrogens with one attached hydrogen (secondary N) is 1. The number of carbonyl (C=O) groups excluding carboxylic acids is 1. The first-order valence-corrected chi connectivity index (χ1v) is 5.47. The number of rotatable bonds is 3. The quantitative estimate of drug-likeness (QED) is 0.626. The molecule has 5 heteroatoms. The monoisotopic (exact) mass is 213 g/mol. The summed E-state index contributed by atoms with van der Waals surface area (Å²) in [6.45, 7) is 3.68. The van der Waals surface area contributed by atoms with E-state index < -0.39 is 5.54 Å². The minimum atomic E-state index is -0.428. The van der Waals surface area contributed by atoms with Gasteiger partial charge in [0.05, 0.1) is 6.10 Å². The third-order valence-electron chi connectivity index (χ3n) is 3.65. The molecule has 86 valence electrons. The van der Waals surface area contributed by atoms with Gasteiger partial charge in [0, 0.05) is 46.1 Å². The first-order chi connectivity index (χ1) is 7.19. The number of methoxy groups -OCH3 is 1. The maximum atomic E-state index is 11.6. The molecule has 1 saturated carbocycles. The van der Waals surface area contributed by atoms with Gasteiger partial charge < -0.3 is 15.8 Å². The Hall–Kier alpha value is -0.650. The van der Waals surface area contributed by atoms with Crippen LogP contribution in [-0.4, -0.2) is 55.7 Å². The van der Waals surface area contributed by atoms with Gasteiger partial charge in [-0.3, -0.25) is 9.69 Å². The lowest BCUT2D eigenvalue weighted by Crippen LogP contribution is -2.69. The molecular formula is C10H19N3O2. The van der Waals surface area contributed by atoms with E-state index in [1.807, 2.05) is 0 Å². The minimum Gasteiger partial charge on any atom is -0.381 e. The van der Waals surface area contributed by atoms with E-state index in [9.17, 15) is 4.79 Å². The lowest BCUT2D eigenvalue weighted by molar-refractivity contribution is -0.150. The molecule has 1 saturated heterocycles. The molecule has 1 amide bonds. The Morgan fingerprint density at radius 1 is 1.47 bits per heavy atom. The number of hydrogen-bond donors (Lipinski definition) is 2. The predicted molar refractivity (Wildman–Crippen MR) is 56.4 cm³/mol. The molecule has 0 aromatic rings. The van der Waals surface area contributed by atoms with Crippen molar-refractivity contribution >= 4 is 5.91 Å². The van der Waals surface area contributed by atoms with Crippen molar-refractivity contribution in [1.29, 1.82) is 0 Å². The van der Waals surface area contributed by atoms with Crippen molar-refractivity contribution in [3.8, 4) is 0 Å². The fraction of sp³-hybridized carbons (Fsp3) is 0.900. The second kappa shape index (κ2) is 4.08. The third kappa shape index (κ3) is 1.75. The molecule has 3 N–H and O–H groups in total. The lowest BCUT2D eigenvalue weighted by Gasteiger charge is -2.52. The molecule has 0 aromatic carbocycles. The number of ether oxygens (including phenoxy) is 1. The van der Waals surface area contributed by atoms with Crippen LogP contribution in [0.25, 0.3) is 0 Å². The normalized spacial score (nSPS) is 37.3. The van der Waals surface area contributed by atoms with Gasteiger partial charge >= 0.3 is 0 Å². The average molecular weight is 213 g/mol. The van der Waals surface area contributed by atoms with E-state index in [0.717, 1.165) is 39.0 Å². The second-order valence-electron chi connectivity index (χ2n) is 4.40. The lowest BCUT2D eigenvalue weighted by atomic mass is 9.72. The van der Waals surface area contributed by atoms with Crippen molar-refractivity contribution in [1.82, 2.24) is 10.2 Å². The molecule has 0 atom stereocenters. The Morgan fingerprint density at radius 2 is 2.07 bits per heavy atom. The summed E-state index contributed by atoms with van der Waals surface area (Å²) < 4.78 is 5.23. The molecule has 0 radical (unpaired) electrons. The van der Waals surface area contributed by atoms with Crippen LogP contribution >= 0.6 is 0 Å². The van der Waals surface area contributed by atoms with Gasteiger partial charge in [0.15, 0.2) is 0 Å². The fourth-order valence-corrected chi connectivity index (χ4v) is 2.57. The SMILES string of the molecule is COC1CC(C(N)=O)(N2CCNCC2)C1. The first kappa shape index (κ1) is 10.9. The van der Waals surface area contributed by atoms with Crippen molar-refractivity contribution in [2.75, 3.05) is 33.3 Å². The Labute approximate surface area is 89.9 Å². The summed E-state index contributed by atoms with van der Waals surface area (Å²) in [4.78, 5) is 13.8. The number of primary amides is 1. The van der Waals surface area contributed by atoms with E-state index in [-0.39, 0.29) is 12.0 Å². The van der Waals surface area contributed by atoms with E-state index in [4.69, 9.17) is 10.5 Å². The van der Waals surface area contributed by atoms with Gasteiger partial charge in [-0.05, 0) is 0 Å². The minimum absolute atomic E-state index is 0.197. The average Bonchev–Trinajstić information content (AvgIpc) is 2.18. The number of hydrogen-bond acceptors (Lipinski definition) is 4. The highest BCUT2D eigenvalue weighted by molar-refractivity contribution is 5.86. The molecule has 2 fully saturated rings. The number of amides is 1. The summed E-state index contributed by atoms with van der Waals surface area (Å²) >= 11 is 0. The molecule has 0 aromatic heterocycles. The number of carbonyl (C=O) groups is 1. The van der Waals surface area contributed by atoms with Crippen molar-refractivity contribution in [2.24, 2.45) is 5.73 Å². The maximum Gasteiger partial charge on any atom is 0.238 e. The third-order valence-corrected chi connectivity index (χ3v) is 3.65. The predicted octanol–water partition coefficient (Wildman–Crippen LogP) is -1.08. The van der Waals surface area contributed by atoms with Crippen LogP contribution in [0, 0.1) is 0 Å². The van der Waals surface area contributed by atoms with Gasteiger partial charge in [0.1, 0.15) is 5.54 Å². The van der Waals surface area contributed by atoms with Crippen LogP contribution < -0.4 is 11.1 Å². The highest BCUT2D eigenvalue weighted by Gasteiger charge is 2.53.